The Morgan fingerprint density at radius 2 is 1.83 bits per heavy atom. The van der Waals surface area contributed by atoms with Gasteiger partial charge in [0.2, 0.25) is 0 Å². The predicted molar refractivity (Wildman–Crippen MR) is 115 cm³/mol. The summed E-state index contributed by atoms with van der Waals surface area (Å²) in [4.78, 5) is 11.2. The SMILES string of the molecule is CC(C)(O)C1CCN(CC2CCC(C(N)c3c4ccnc-4ncn3N)CC2)CC1. The predicted octanol–water partition coefficient (Wildman–Crippen LogP) is 2.39. The summed E-state index contributed by atoms with van der Waals surface area (Å²) < 4.78 is 1.58. The van der Waals surface area contributed by atoms with E-state index in [1.165, 1.54) is 19.4 Å². The minimum absolute atomic E-state index is 0.0850. The maximum Gasteiger partial charge on any atom is 0.162 e. The Hall–Kier alpha value is -1.70. The summed E-state index contributed by atoms with van der Waals surface area (Å²) in [5.74, 6) is 8.52. The van der Waals surface area contributed by atoms with Crippen molar-refractivity contribution in [3.8, 4) is 11.4 Å². The molecule has 1 saturated carbocycles. The fourth-order valence-corrected chi connectivity index (χ4v) is 5.44. The van der Waals surface area contributed by atoms with Crippen LogP contribution in [0.2, 0.25) is 0 Å². The number of aliphatic hydroxyl groups is 1. The summed E-state index contributed by atoms with van der Waals surface area (Å²) in [5, 5.41) is 10.2. The highest BCUT2D eigenvalue weighted by atomic mass is 16.3. The Balaban J connectivity index is 1.30. The number of hydrogen-bond acceptors (Lipinski definition) is 6. The van der Waals surface area contributed by atoms with Crippen molar-refractivity contribution in [2.45, 2.75) is 64.0 Å². The van der Waals surface area contributed by atoms with Crippen molar-refractivity contribution >= 4 is 0 Å². The van der Waals surface area contributed by atoms with E-state index >= 15 is 0 Å². The highest BCUT2D eigenvalue weighted by Crippen LogP contribution is 2.39. The first kappa shape index (κ1) is 20.6. The molecule has 1 unspecified atom stereocenters. The molecule has 1 aliphatic carbocycles. The largest absolute Gasteiger partial charge is 0.390 e. The maximum absolute atomic E-state index is 10.2. The summed E-state index contributed by atoms with van der Waals surface area (Å²) in [5.41, 5.74) is 8.07. The van der Waals surface area contributed by atoms with Gasteiger partial charge in [0.15, 0.2) is 5.82 Å². The highest BCUT2D eigenvalue weighted by molar-refractivity contribution is 5.60. The lowest BCUT2D eigenvalue weighted by Gasteiger charge is -2.40. The summed E-state index contributed by atoms with van der Waals surface area (Å²) >= 11 is 0. The van der Waals surface area contributed by atoms with Crippen molar-refractivity contribution in [2.75, 3.05) is 25.5 Å². The topological polar surface area (TPSA) is 106 Å². The van der Waals surface area contributed by atoms with Crippen molar-refractivity contribution in [2.24, 2.45) is 23.5 Å². The quantitative estimate of drug-likeness (QED) is 0.666. The van der Waals surface area contributed by atoms with Crippen molar-refractivity contribution in [1.29, 1.82) is 0 Å². The Morgan fingerprint density at radius 1 is 1.14 bits per heavy atom. The van der Waals surface area contributed by atoms with Crippen LogP contribution in [0.15, 0.2) is 18.6 Å². The van der Waals surface area contributed by atoms with Gasteiger partial charge >= 0.3 is 0 Å². The second-order valence-electron chi connectivity index (χ2n) is 9.75. The molecule has 0 aromatic heterocycles. The number of rotatable bonds is 5. The zero-order chi connectivity index (χ0) is 20.6. The third kappa shape index (κ3) is 4.42. The van der Waals surface area contributed by atoms with E-state index in [0.717, 1.165) is 61.8 Å². The molecule has 1 atom stereocenters. The normalized spacial score (nSPS) is 26.1. The number of nitrogen functional groups attached to an aromatic ring is 1. The second kappa shape index (κ2) is 8.20. The van der Waals surface area contributed by atoms with Crippen LogP contribution in [0, 0.1) is 17.8 Å². The molecule has 0 aromatic carbocycles. The third-order valence-electron chi connectivity index (χ3n) is 7.36. The van der Waals surface area contributed by atoms with E-state index in [2.05, 4.69) is 14.9 Å². The molecule has 3 heterocycles. The number of aromatic nitrogens is 3. The van der Waals surface area contributed by atoms with Gasteiger partial charge in [0.05, 0.1) is 17.3 Å². The lowest BCUT2D eigenvalue weighted by atomic mass is 9.76. The Labute approximate surface area is 173 Å². The summed E-state index contributed by atoms with van der Waals surface area (Å²) in [7, 11) is 0. The van der Waals surface area contributed by atoms with Gasteiger partial charge < -0.3 is 21.6 Å². The first-order valence-electron chi connectivity index (χ1n) is 11.1. The molecule has 29 heavy (non-hydrogen) atoms. The highest BCUT2D eigenvalue weighted by Gasteiger charge is 2.33. The molecule has 160 valence electrons. The molecule has 4 aliphatic rings. The first-order chi connectivity index (χ1) is 13.8. The van der Waals surface area contributed by atoms with Gasteiger partial charge in [-0.25, -0.2) is 9.97 Å². The summed E-state index contributed by atoms with van der Waals surface area (Å²) in [6.07, 6.45) is 10.3. The zero-order valence-electron chi connectivity index (χ0n) is 17.8. The first-order valence-corrected chi connectivity index (χ1v) is 11.1. The van der Waals surface area contributed by atoms with Gasteiger partial charge in [-0.15, -0.1) is 0 Å². The van der Waals surface area contributed by atoms with Crippen LogP contribution in [0.25, 0.3) is 11.4 Å². The molecule has 7 nitrogen and oxygen atoms in total. The van der Waals surface area contributed by atoms with Crippen LogP contribution in [0.3, 0.4) is 0 Å². The fraction of sp³-hybridized carbons (Fsp3) is 0.727. The number of piperidine rings is 1. The van der Waals surface area contributed by atoms with Gasteiger partial charge in [-0.2, -0.15) is 0 Å². The number of nitrogens with two attached hydrogens (primary N) is 2. The van der Waals surface area contributed by atoms with Crippen LogP contribution < -0.4 is 11.6 Å². The Kier molecular flexibility index (Phi) is 5.82. The molecule has 7 heteroatoms. The molecule has 0 aromatic rings. The average Bonchev–Trinajstić information content (AvgIpc) is 3.16. The van der Waals surface area contributed by atoms with Gasteiger partial charge in [0.25, 0.3) is 0 Å². The van der Waals surface area contributed by atoms with Crippen LogP contribution in [0.4, 0.5) is 0 Å². The molecule has 0 amide bonds. The van der Waals surface area contributed by atoms with Gasteiger partial charge in [-0.3, -0.25) is 4.68 Å². The number of nitrogens with zero attached hydrogens (tertiary/aromatic N) is 4. The number of fused-ring (bicyclic) bond motifs is 1. The van der Waals surface area contributed by atoms with Gasteiger partial charge in [0.1, 0.15) is 6.33 Å². The molecular weight excluding hydrogens is 364 g/mol. The van der Waals surface area contributed by atoms with Gasteiger partial charge in [-0.1, -0.05) is 0 Å². The smallest absolute Gasteiger partial charge is 0.162 e. The summed E-state index contributed by atoms with van der Waals surface area (Å²) in [6.45, 7) is 7.31. The number of likely N-dealkylation sites (tertiary alicyclic amines) is 1. The van der Waals surface area contributed by atoms with Crippen LogP contribution in [0.1, 0.15) is 64.1 Å². The fourth-order valence-electron chi connectivity index (χ4n) is 5.44. The van der Waals surface area contributed by atoms with Crippen LogP contribution in [-0.2, 0) is 0 Å². The number of hydrogen-bond donors (Lipinski definition) is 3. The standard InChI is InChI=1S/C22H36N6O/c1-22(2,29)17-8-11-27(12-9-17)13-15-3-5-16(6-4-15)19(23)20-18-7-10-25-21(18)26-14-28(20)24/h7,10,14-17,19,29H,3-6,8-9,11-13,23-24H2,1-2H3. The van der Waals surface area contributed by atoms with Gasteiger partial charge in [-0.05, 0) is 89.3 Å². The van der Waals surface area contributed by atoms with Crippen LogP contribution in [0.5, 0.6) is 0 Å². The Morgan fingerprint density at radius 3 is 2.48 bits per heavy atom. The van der Waals surface area contributed by atoms with Gasteiger partial charge in [0, 0.05) is 18.3 Å². The third-order valence-corrected chi connectivity index (χ3v) is 7.36. The molecular formula is C22H36N6O. The van der Waals surface area contributed by atoms with E-state index in [1.54, 1.807) is 17.2 Å². The van der Waals surface area contributed by atoms with E-state index in [4.69, 9.17) is 11.6 Å². The zero-order valence-corrected chi connectivity index (χ0v) is 17.8. The molecule has 1 saturated heterocycles. The van der Waals surface area contributed by atoms with E-state index in [1.807, 2.05) is 19.9 Å². The minimum Gasteiger partial charge on any atom is -0.390 e. The Bertz CT molecular complexity index is 768. The molecule has 0 spiro atoms. The summed E-state index contributed by atoms with van der Waals surface area (Å²) in [6, 6.07) is 1.88. The molecule has 4 rings (SSSR count). The van der Waals surface area contributed by atoms with E-state index in [-0.39, 0.29) is 6.04 Å². The average molecular weight is 401 g/mol. The molecule has 5 N–H and O–H groups in total. The van der Waals surface area contributed by atoms with Crippen molar-refractivity contribution in [3.05, 3.63) is 24.3 Å². The van der Waals surface area contributed by atoms with E-state index in [0.29, 0.717) is 11.8 Å². The van der Waals surface area contributed by atoms with Crippen molar-refractivity contribution < 1.29 is 5.11 Å². The lowest BCUT2D eigenvalue weighted by molar-refractivity contribution is -0.0154. The maximum atomic E-state index is 10.2. The van der Waals surface area contributed by atoms with Crippen molar-refractivity contribution in [1.82, 2.24) is 19.5 Å². The monoisotopic (exact) mass is 400 g/mol. The molecule has 2 fully saturated rings. The van der Waals surface area contributed by atoms with Crippen molar-refractivity contribution in [3.63, 3.8) is 0 Å². The minimum atomic E-state index is -0.546. The van der Waals surface area contributed by atoms with E-state index in [9.17, 15) is 5.11 Å². The molecule has 0 bridgehead atoms. The molecule has 3 aliphatic heterocycles. The second-order valence-corrected chi connectivity index (χ2v) is 9.75. The van der Waals surface area contributed by atoms with E-state index < -0.39 is 5.60 Å². The molecule has 0 radical (unpaired) electrons. The lowest BCUT2D eigenvalue weighted by Crippen LogP contribution is -2.43. The van der Waals surface area contributed by atoms with Crippen LogP contribution >= 0.6 is 0 Å². The van der Waals surface area contributed by atoms with Crippen LogP contribution in [-0.4, -0.2) is 49.9 Å².